The van der Waals surface area contributed by atoms with E-state index in [1.54, 1.807) is 18.2 Å². The number of nitrogens with zero attached hydrogens (tertiary/aromatic N) is 1. The number of carbonyl (C=O) groups is 1. The molecule has 1 aliphatic rings. The number of hydrogen-bond donors (Lipinski definition) is 1. The van der Waals surface area contributed by atoms with Gasteiger partial charge in [0.1, 0.15) is 5.75 Å². The van der Waals surface area contributed by atoms with Gasteiger partial charge in [-0.1, -0.05) is 0 Å². The number of likely N-dealkylation sites (tertiary alicyclic amines) is 1. The fraction of sp³-hybridized carbons (Fsp3) is 0.462. The topological polar surface area (TPSA) is 55.6 Å². The third-order valence-corrected chi connectivity index (χ3v) is 3.64. The van der Waals surface area contributed by atoms with Gasteiger partial charge >= 0.3 is 0 Å². The Morgan fingerprint density at radius 3 is 2.72 bits per heavy atom. The number of anilines is 1. The first kappa shape index (κ1) is 13.2. The normalized spacial score (nSPS) is 15.5. The minimum atomic E-state index is 0.0541. The first-order chi connectivity index (χ1) is 8.66. The summed E-state index contributed by atoms with van der Waals surface area (Å²) in [6, 6.07) is 5.29. The predicted molar refractivity (Wildman–Crippen MR) is 74.5 cm³/mol. The Kier molecular flexibility index (Phi) is 4.47. The van der Waals surface area contributed by atoms with E-state index in [0.29, 0.717) is 11.4 Å². The quantitative estimate of drug-likeness (QED) is 0.872. The Morgan fingerprint density at radius 1 is 1.33 bits per heavy atom. The third-order valence-electron chi connectivity index (χ3n) is 3.02. The van der Waals surface area contributed by atoms with E-state index in [0.717, 1.165) is 30.4 Å². The summed E-state index contributed by atoms with van der Waals surface area (Å²) in [5.74, 6) is 0.702. The molecule has 0 atom stereocenters. The molecule has 2 N–H and O–H groups in total. The van der Waals surface area contributed by atoms with Crippen LogP contribution >= 0.6 is 15.9 Å². The fourth-order valence-corrected chi connectivity index (χ4v) is 2.52. The van der Waals surface area contributed by atoms with E-state index >= 15 is 0 Å². The lowest BCUT2D eigenvalue weighted by Crippen LogP contribution is -2.38. The standard InChI is InChI=1S/C13H17BrN2O2/c14-11-8-10(15)4-5-12(11)18-9-13(17)16-6-2-1-3-7-16/h4-5,8H,1-3,6-7,9,15H2. The minimum Gasteiger partial charge on any atom is -0.483 e. The SMILES string of the molecule is Nc1ccc(OCC(=O)N2CCCCC2)c(Br)c1. The van der Waals surface area contributed by atoms with Crippen LogP contribution in [0.3, 0.4) is 0 Å². The van der Waals surface area contributed by atoms with E-state index in [1.165, 1.54) is 6.42 Å². The van der Waals surface area contributed by atoms with E-state index in [1.807, 2.05) is 4.90 Å². The van der Waals surface area contributed by atoms with Crippen molar-refractivity contribution >= 4 is 27.5 Å². The summed E-state index contributed by atoms with van der Waals surface area (Å²) >= 11 is 3.36. The molecule has 1 aromatic carbocycles. The van der Waals surface area contributed by atoms with Gasteiger partial charge in [-0.25, -0.2) is 0 Å². The van der Waals surface area contributed by atoms with Crippen LogP contribution in [0.2, 0.25) is 0 Å². The molecular weight excluding hydrogens is 296 g/mol. The van der Waals surface area contributed by atoms with Crippen LogP contribution in [0.5, 0.6) is 5.75 Å². The molecule has 98 valence electrons. The Bertz CT molecular complexity index is 431. The van der Waals surface area contributed by atoms with Gasteiger partial charge < -0.3 is 15.4 Å². The number of ether oxygens (including phenoxy) is 1. The molecule has 1 aliphatic heterocycles. The van der Waals surface area contributed by atoms with Crippen LogP contribution in [-0.4, -0.2) is 30.5 Å². The molecule has 1 amide bonds. The molecule has 1 fully saturated rings. The highest BCUT2D eigenvalue weighted by Crippen LogP contribution is 2.26. The molecule has 0 aliphatic carbocycles. The first-order valence-electron chi connectivity index (χ1n) is 6.12. The number of carbonyl (C=O) groups excluding carboxylic acids is 1. The molecule has 1 saturated heterocycles. The number of piperidine rings is 1. The molecular formula is C13H17BrN2O2. The minimum absolute atomic E-state index is 0.0541. The smallest absolute Gasteiger partial charge is 0.260 e. The van der Waals surface area contributed by atoms with Gasteiger partial charge in [0.25, 0.3) is 5.91 Å². The van der Waals surface area contributed by atoms with Gasteiger partial charge in [-0.3, -0.25) is 4.79 Å². The van der Waals surface area contributed by atoms with Gasteiger partial charge in [0, 0.05) is 18.8 Å². The van der Waals surface area contributed by atoms with Crippen molar-refractivity contribution in [1.29, 1.82) is 0 Å². The molecule has 0 spiro atoms. The predicted octanol–water partition coefficient (Wildman–Crippen LogP) is 2.42. The molecule has 18 heavy (non-hydrogen) atoms. The number of hydrogen-bond acceptors (Lipinski definition) is 3. The lowest BCUT2D eigenvalue weighted by atomic mass is 10.1. The average Bonchev–Trinajstić information content (AvgIpc) is 2.38. The lowest BCUT2D eigenvalue weighted by molar-refractivity contribution is -0.134. The molecule has 1 heterocycles. The summed E-state index contributed by atoms with van der Waals surface area (Å²) < 4.78 is 6.29. The zero-order chi connectivity index (χ0) is 13.0. The van der Waals surface area contributed by atoms with Gasteiger partial charge in [0.15, 0.2) is 6.61 Å². The molecule has 0 bridgehead atoms. The molecule has 5 heteroatoms. The van der Waals surface area contributed by atoms with Crippen LogP contribution in [0.4, 0.5) is 5.69 Å². The number of halogens is 1. The Balaban J connectivity index is 1.88. The molecule has 0 aromatic heterocycles. The summed E-state index contributed by atoms with van der Waals surface area (Å²) in [7, 11) is 0. The van der Waals surface area contributed by atoms with Crippen molar-refractivity contribution < 1.29 is 9.53 Å². The van der Waals surface area contributed by atoms with Crippen molar-refractivity contribution in [2.45, 2.75) is 19.3 Å². The van der Waals surface area contributed by atoms with Crippen LogP contribution in [0.15, 0.2) is 22.7 Å². The van der Waals surface area contributed by atoms with Crippen LogP contribution in [-0.2, 0) is 4.79 Å². The van der Waals surface area contributed by atoms with Crippen molar-refractivity contribution in [3.05, 3.63) is 22.7 Å². The van der Waals surface area contributed by atoms with Crippen molar-refractivity contribution in [3.63, 3.8) is 0 Å². The highest BCUT2D eigenvalue weighted by molar-refractivity contribution is 9.10. The number of nitrogens with two attached hydrogens (primary N) is 1. The second-order valence-corrected chi connectivity index (χ2v) is 5.27. The summed E-state index contributed by atoms with van der Waals surface area (Å²) in [5.41, 5.74) is 6.30. The number of amides is 1. The number of benzene rings is 1. The largest absolute Gasteiger partial charge is 0.483 e. The summed E-state index contributed by atoms with van der Waals surface area (Å²) in [5, 5.41) is 0. The molecule has 0 radical (unpaired) electrons. The van der Waals surface area contributed by atoms with Crippen LogP contribution in [0.1, 0.15) is 19.3 Å². The summed E-state index contributed by atoms with van der Waals surface area (Å²) in [6.07, 6.45) is 3.41. The van der Waals surface area contributed by atoms with Gasteiger partial charge in [0.05, 0.1) is 4.47 Å². The van der Waals surface area contributed by atoms with E-state index < -0.39 is 0 Å². The number of nitrogen functional groups attached to an aromatic ring is 1. The molecule has 0 saturated carbocycles. The highest BCUT2D eigenvalue weighted by Gasteiger charge is 2.17. The van der Waals surface area contributed by atoms with Crippen molar-refractivity contribution in [1.82, 2.24) is 4.90 Å². The monoisotopic (exact) mass is 312 g/mol. The Hall–Kier alpha value is -1.23. The molecule has 2 rings (SSSR count). The van der Waals surface area contributed by atoms with Gasteiger partial charge in [0.2, 0.25) is 0 Å². The van der Waals surface area contributed by atoms with Gasteiger partial charge in [-0.2, -0.15) is 0 Å². The summed E-state index contributed by atoms with van der Waals surface area (Å²) in [4.78, 5) is 13.8. The maximum Gasteiger partial charge on any atom is 0.260 e. The molecule has 4 nitrogen and oxygen atoms in total. The van der Waals surface area contributed by atoms with Crippen molar-refractivity contribution in [2.24, 2.45) is 0 Å². The number of rotatable bonds is 3. The third kappa shape index (κ3) is 3.38. The van der Waals surface area contributed by atoms with Gasteiger partial charge in [-0.05, 0) is 53.4 Å². The lowest BCUT2D eigenvalue weighted by Gasteiger charge is -2.26. The zero-order valence-corrected chi connectivity index (χ0v) is 11.8. The first-order valence-corrected chi connectivity index (χ1v) is 6.92. The van der Waals surface area contributed by atoms with Crippen molar-refractivity contribution in [3.8, 4) is 5.75 Å². The van der Waals surface area contributed by atoms with Crippen LogP contribution < -0.4 is 10.5 Å². The van der Waals surface area contributed by atoms with Crippen LogP contribution in [0, 0.1) is 0 Å². The van der Waals surface area contributed by atoms with Crippen LogP contribution in [0.25, 0.3) is 0 Å². The second-order valence-electron chi connectivity index (χ2n) is 4.42. The molecule has 1 aromatic rings. The maximum absolute atomic E-state index is 11.9. The van der Waals surface area contributed by atoms with Crippen molar-refractivity contribution in [2.75, 3.05) is 25.4 Å². The zero-order valence-electron chi connectivity index (χ0n) is 10.2. The fourth-order valence-electron chi connectivity index (χ4n) is 2.01. The highest BCUT2D eigenvalue weighted by atomic mass is 79.9. The Labute approximate surface area is 115 Å². The summed E-state index contributed by atoms with van der Waals surface area (Å²) in [6.45, 7) is 1.79. The average molecular weight is 313 g/mol. The van der Waals surface area contributed by atoms with E-state index in [-0.39, 0.29) is 12.5 Å². The van der Waals surface area contributed by atoms with Gasteiger partial charge in [-0.15, -0.1) is 0 Å². The van der Waals surface area contributed by atoms with E-state index in [9.17, 15) is 4.79 Å². The molecule has 0 unspecified atom stereocenters. The van der Waals surface area contributed by atoms with E-state index in [4.69, 9.17) is 10.5 Å². The maximum atomic E-state index is 11.9. The Morgan fingerprint density at radius 2 is 2.06 bits per heavy atom. The van der Waals surface area contributed by atoms with E-state index in [2.05, 4.69) is 15.9 Å². The second kappa shape index (κ2) is 6.09.